The second-order valence-corrected chi connectivity index (χ2v) is 5.73. The van der Waals surface area contributed by atoms with E-state index in [1.54, 1.807) is 29.7 Å². The first-order valence-corrected chi connectivity index (χ1v) is 7.13. The van der Waals surface area contributed by atoms with Crippen LogP contribution in [0, 0.1) is 0 Å². The van der Waals surface area contributed by atoms with E-state index in [0.717, 1.165) is 15.9 Å². The molecule has 0 aliphatic carbocycles. The summed E-state index contributed by atoms with van der Waals surface area (Å²) in [6.07, 6.45) is 4.43. The second kappa shape index (κ2) is 6.06. The lowest BCUT2D eigenvalue weighted by Gasteiger charge is -2.02. The van der Waals surface area contributed by atoms with Gasteiger partial charge in [-0.25, -0.2) is 9.97 Å². The highest BCUT2D eigenvalue weighted by molar-refractivity contribution is 9.10. The summed E-state index contributed by atoms with van der Waals surface area (Å²) in [6, 6.07) is 3.47. The Morgan fingerprint density at radius 2 is 2.22 bits per heavy atom. The topological polar surface area (TPSA) is 54.9 Å². The first kappa shape index (κ1) is 13.2. The molecule has 1 amide bonds. The number of hydrogen-bond acceptors (Lipinski definition) is 4. The Morgan fingerprint density at radius 1 is 1.39 bits per heavy atom. The molecule has 0 bridgehead atoms. The van der Waals surface area contributed by atoms with Gasteiger partial charge in [0.1, 0.15) is 10.7 Å². The Hall–Kier alpha value is -1.27. The van der Waals surface area contributed by atoms with Crippen molar-refractivity contribution >= 4 is 33.2 Å². The van der Waals surface area contributed by atoms with Gasteiger partial charge in [-0.05, 0) is 34.5 Å². The molecule has 0 aliphatic rings. The van der Waals surface area contributed by atoms with E-state index in [1.165, 1.54) is 4.88 Å². The smallest absolute Gasteiger partial charge is 0.270 e. The van der Waals surface area contributed by atoms with Gasteiger partial charge < -0.3 is 5.32 Å². The maximum atomic E-state index is 11.8. The zero-order valence-corrected chi connectivity index (χ0v) is 12.2. The van der Waals surface area contributed by atoms with Crippen molar-refractivity contribution in [3.05, 3.63) is 44.6 Å². The van der Waals surface area contributed by atoms with E-state index in [0.29, 0.717) is 12.2 Å². The molecular weight excluding hydrogens is 314 g/mol. The van der Waals surface area contributed by atoms with E-state index in [4.69, 9.17) is 0 Å². The summed E-state index contributed by atoms with van der Waals surface area (Å²) in [5, 5.41) is 3.72. The lowest BCUT2D eigenvalue weighted by Crippen LogP contribution is -2.23. The van der Waals surface area contributed by atoms with Crippen molar-refractivity contribution in [1.82, 2.24) is 15.3 Å². The monoisotopic (exact) mass is 325 g/mol. The molecule has 0 saturated carbocycles. The highest BCUT2D eigenvalue weighted by Crippen LogP contribution is 2.13. The van der Waals surface area contributed by atoms with Gasteiger partial charge in [0.2, 0.25) is 0 Å². The average Bonchev–Trinajstić information content (AvgIpc) is 2.85. The summed E-state index contributed by atoms with van der Waals surface area (Å²) in [4.78, 5) is 21.3. The fourth-order valence-electron chi connectivity index (χ4n) is 1.35. The van der Waals surface area contributed by atoms with Crippen LogP contribution in [0.5, 0.6) is 0 Å². The minimum Gasteiger partial charge on any atom is -0.344 e. The Morgan fingerprint density at radius 3 is 2.83 bits per heavy atom. The minimum atomic E-state index is -0.184. The number of nitrogens with zero attached hydrogens (tertiary/aromatic N) is 2. The van der Waals surface area contributed by atoms with Gasteiger partial charge in [0.25, 0.3) is 5.91 Å². The zero-order valence-electron chi connectivity index (χ0n) is 9.81. The van der Waals surface area contributed by atoms with Gasteiger partial charge in [0.15, 0.2) is 0 Å². The third kappa shape index (κ3) is 3.36. The van der Waals surface area contributed by atoms with Gasteiger partial charge in [-0.2, -0.15) is 0 Å². The van der Waals surface area contributed by atoms with Crippen LogP contribution in [0.2, 0.25) is 0 Å². The van der Waals surface area contributed by atoms with Gasteiger partial charge in [-0.1, -0.05) is 6.92 Å². The summed E-state index contributed by atoms with van der Waals surface area (Å²) < 4.78 is 0.853. The Kier molecular flexibility index (Phi) is 4.43. The van der Waals surface area contributed by atoms with E-state index in [1.807, 2.05) is 6.20 Å². The highest BCUT2D eigenvalue weighted by atomic mass is 79.9. The van der Waals surface area contributed by atoms with E-state index in [2.05, 4.69) is 38.1 Å². The molecule has 2 heterocycles. The van der Waals surface area contributed by atoms with Crippen molar-refractivity contribution < 1.29 is 4.79 Å². The summed E-state index contributed by atoms with van der Waals surface area (Å²) in [5.74, 6) is -0.184. The van der Waals surface area contributed by atoms with Crippen molar-refractivity contribution in [3.63, 3.8) is 0 Å². The van der Waals surface area contributed by atoms with Crippen LogP contribution in [0.25, 0.3) is 0 Å². The molecular formula is C12H12BrN3OS. The summed E-state index contributed by atoms with van der Waals surface area (Å²) in [5.41, 5.74) is 0.408. The molecule has 0 fully saturated rings. The van der Waals surface area contributed by atoms with Gasteiger partial charge in [-0.15, -0.1) is 11.3 Å². The molecule has 18 heavy (non-hydrogen) atoms. The molecule has 4 nitrogen and oxygen atoms in total. The van der Waals surface area contributed by atoms with Crippen LogP contribution in [0.4, 0.5) is 0 Å². The number of hydrogen-bond donors (Lipinski definition) is 1. The Balaban J connectivity index is 1.93. The number of pyridine rings is 1. The van der Waals surface area contributed by atoms with Crippen molar-refractivity contribution in [3.8, 4) is 0 Å². The molecule has 94 valence electrons. The lowest BCUT2D eigenvalue weighted by atomic mass is 10.3. The SMILES string of the molecule is CCc1cnc(CNC(=O)c2ccc(Br)cn2)s1. The Bertz CT molecular complexity index is 539. The molecule has 0 radical (unpaired) electrons. The third-order valence-electron chi connectivity index (χ3n) is 2.31. The first-order valence-electron chi connectivity index (χ1n) is 5.52. The molecule has 2 aromatic heterocycles. The molecule has 0 saturated heterocycles. The van der Waals surface area contributed by atoms with Crippen molar-refractivity contribution in [1.29, 1.82) is 0 Å². The number of halogens is 1. The number of thiazole rings is 1. The number of carbonyl (C=O) groups excluding carboxylic acids is 1. The first-order chi connectivity index (χ1) is 8.69. The predicted molar refractivity (Wildman–Crippen MR) is 74.6 cm³/mol. The molecule has 1 N–H and O–H groups in total. The molecule has 2 rings (SSSR count). The van der Waals surface area contributed by atoms with Crippen LogP contribution < -0.4 is 5.32 Å². The molecule has 0 spiro atoms. The van der Waals surface area contributed by atoms with Crippen LogP contribution in [0.15, 0.2) is 29.0 Å². The number of nitrogens with one attached hydrogen (secondary N) is 1. The van der Waals surface area contributed by atoms with E-state index >= 15 is 0 Å². The van der Waals surface area contributed by atoms with Crippen LogP contribution >= 0.6 is 27.3 Å². The lowest BCUT2D eigenvalue weighted by molar-refractivity contribution is 0.0946. The molecule has 2 aromatic rings. The summed E-state index contributed by atoms with van der Waals surface area (Å²) in [6.45, 7) is 2.53. The maximum absolute atomic E-state index is 11.8. The van der Waals surface area contributed by atoms with Gasteiger partial charge in [0.05, 0.1) is 6.54 Å². The number of amides is 1. The van der Waals surface area contributed by atoms with E-state index < -0.39 is 0 Å². The van der Waals surface area contributed by atoms with Gasteiger partial charge in [-0.3, -0.25) is 4.79 Å². The molecule has 0 atom stereocenters. The third-order valence-corrected chi connectivity index (χ3v) is 3.92. The highest BCUT2D eigenvalue weighted by Gasteiger charge is 2.07. The second-order valence-electron chi connectivity index (χ2n) is 3.62. The fraction of sp³-hybridized carbons (Fsp3) is 0.250. The molecule has 0 aliphatic heterocycles. The predicted octanol–water partition coefficient (Wildman–Crippen LogP) is 2.79. The standard InChI is InChI=1S/C12H12BrN3OS/c1-2-9-6-15-11(18-9)7-16-12(17)10-4-3-8(13)5-14-10/h3-6H,2,7H2,1H3,(H,16,17). The van der Waals surface area contributed by atoms with Crippen LogP contribution in [-0.4, -0.2) is 15.9 Å². The van der Waals surface area contributed by atoms with Crippen LogP contribution in [-0.2, 0) is 13.0 Å². The largest absolute Gasteiger partial charge is 0.344 e. The van der Waals surface area contributed by atoms with Gasteiger partial charge >= 0.3 is 0 Å². The van der Waals surface area contributed by atoms with Crippen molar-refractivity contribution in [2.24, 2.45) is 0 Å². The molecule has 6 heteroatoms. The number of aromatic nitrogens is 2. The number of aryl methyl sites for hydroxylation is 1. The summed E-state index contributed by atoms with van der Waals surface area (Å²) >= 11 is 4.90. The van der Waals surface area contributed by atoms with Crippen LogP contribution in [0.3, 0.4) is 0 Å². The molecule has 0 aromatic carbocycles. The number of carbonyl (C=O) groups is 1. The van der Waals surface area contributed by atoms with Crippen molar-refractivity contribution in [2.75, 3.05) is 0 Å². The summed E-state index contributed by atoms with van der Waals surface area (Å²) in [7, 11) is 0. The van der Waals surface area contributed by atoms with Crippen molar-refractivity contribution in [2.45, 2.75) is 19.9 Å². The minimum absolute atomic E-state index is 0.184. The fourth-order valence-corrected chi connectivity index (χ4v) is 2.39. The molecule has 0 unspecified atom stereocenters. The van der Waals surface area contributed by atoms with Crippen LogP contribution in [0.1, 0.15) is 27.3 Å². The number of rotatable bonds is 4. The average molecular weight is 326 g/mol. The van der Waals surface area contributed by atoms with Gasteiger partial charge in [0, 0.05) is 21.7 Å². The Labute approximate surface area is 118 Å². The normalized spacial score (nSPS) is 10.3. The maximum Gasteiger partial charge on any atom is 0.270 e. The van der Waals surface area contributed by atoms with E-state index in [-0.39, 0.29) is 5.91 Å². The zero-order chi connectivity index (χ0) is 13.0. The van der Waals surface area contributed by atoms with E-state index in [9.17, 15) is 4.79 Å². The quantitative estimate of drug-likeness (QED) is 0.940.